The van der Waals surface area contributed by atoms with Gasteiger partial charge in [0.1, 0.15) is 0 Å². The summed E-state index contributed by atoms with van der Waals surface area (Å²) >= 11 is 0. The molecule has 0 unspecified atom stereocenters. The van der Waals surface area contributed by atoms with Crippen LogP contribution in [0.3, 0.4) is 0 Å². The van der Waals surface area contributed by atoms with Crippen LogP contribution in [0.25, 0.3) is 0 Å². The maximum atomic E-state index is 12.2. The molecule has 2 aliphatic rings. The van der Waals surface area contributed by atoms with Gasteiger partial charge in [0.2, 0.25) is 0 Å². The fourth-order valence-electron chi connectivity index (χ4n) is 3.02. The SMILES string of the molecule is COC[C@@H]1CCCN1N(C(=O)OC)[C@H](C)CC1OCCO1. The van der Waals surface area contributed by atoms with E-state index in [1.807, 2.05) is 6.92 Å². The highest BCUT2D eigenvalue weighted by molar-refractivity contribution is 5.67. The summed E-state index contributed by atoms with van der Waals surface area (Å²) in [6.45, 7) is 4.66. The predicted octanol–water partition coefficient (Wildman–Crippen LogP) is 1.23. The lowest BCUT2D eigenvalue weighted by Crippen LogP contribution is -2.54. The van der Waals surface area contributed by atoms with Crippen LogP contribution in [0.15, 0.2) is 0 Å². The molecular weight excluding hydrogens is 276 g/mol. The molecule has 0 spiro atoms. The summed E-state index contributed by atoms with van der Waals surface area (Å²) in [7, 11) is 3.09. The van der Waals surface area contributed by atoms with Gasteiger partial charge in [0.15, 0.2) is 6.29 Å². The molecule has 2 heterocycles. The van der Waals surface area contributed by atoms with Crippen molar-refractivity contribution in [3.63, 3.8) is 0 Å². The fraction of sp³-hybridized carbons (Fsp3) is 0.929. The number of hydrogen-bond donors (Lipinski definition) is 0. The van der Waals surface area contributed by atoms with E-state index in [4.69, 9.17) is 18.9 Å². The van der Waals surface area contributed by atoms with Crippen molar-refractivity contribution in [2.75, 3.05) is 40.6 Å². The van der Waals surface area contributed by atoms with Crippen molar-refractivity contribution in [3.05, 3.63) is 0 Å². The summed E-state index contributed by atoms with van der Waals surface area (Å²) in [5.41, 5.74) is 0. The number of hydrazine groups is 1. The Hall–Kier alpha value is -0.890. The van der Waals surface area contributed by atoms with Crippen LogP contribution in [0.2, 0.25) is 0 Å². The largest absolute Gasteiger partial charge is 0.452 e. The van der Waals surface area contributed by atoms with Gasteiger partial charge in [-0.3, -0.25) is 0 Å². The van der Waals surface area contributed by atoms with Gasteiger partial charge in [-0.25, -0.2) is 14.8 Å². The minimum Gasteiger partial charge on any atom is -0.452 e. The molecule has 0 bridgehead atoms. The summed E-state index contributed by atoms with van der Waals surface area (Å²) in [6.07, 6.45) is 2.11. The summed E-state index contributed by atoms with van der Waals surface area (Å²) in [6, 6.07) is 0.153. The van der Waals surface area contributed by atoms with E-state index in [9.17, 15) is 4.79 Å². The molecule has 2 aliphatic heterocycles. The van der Waals surface area contributed by atoms with Crippen molar-refractivity contribution in [1.82, 2.24) is 10.0 Å². The second-order valence-electron chi connectivity index (χ2n) is 5.48. The Kier molecular flexibility index (Phi) is 6.22. The first-order valence-electron chi connectivity index (χ1n) is 7.53. The lowest BCUT2D eigenvalue weighted by atomic mass is 10.2. The molecule has 0 saturated carbocycles. The molecular formula is C14H26N2O5. The average Bonchev–Trinajstić information content (AvgIpc) is 3.12. The number of carbonyl (C=O) groups is 1. The molecule has 21 heavy (non-hydrogen) atoms. The molecule has 0 aliphatic carbocycles. The summed E-state index contributed by atoms with van der Waals surface area (Å²) in [4.78, 5) is 12.2. The Labute approximate surface area is 126 Å². The van der Waals surface area contributed by atoms with Crippen molar-refractivity contribution >= 4 is 6.09 Å². The molecule has 122 valence electrons. The van der Waals surface area contributed by atoms with Gasteiger partial charge in [0.25, 0.3) is 0 Å². The van der Waals surface area contributed by atoms with Crippen molar-refractivity contribution in [3.8, 4) is 0 Å². The lowest BCUT2D eigenvalue weighted by Gasteiger charge is -2.39. The first-order chi connectivity index (χ1) is 10.2. The van der Waals surface area contributed by atoms with E-state index in [1.165, 1.54) is 7.11 Å². The quantitative estimate of drug-likeness (QED) is 0.735. The molecule has 7 heteroatoms. The van der Waals surface area contributed by atoms with Gasteiger partial charge in [-0.15, -0.1) is 0 Å². The van der Waals surface area contributed by atoms with Gasteiger partial charge in [0, 0.05) is 20.1 Å². The van der Waals surface area contributed by atoms with E-state index < -0.39 is 0 Å². The standard InChI is InChI=1S/C14H26N2O5/c1-11(9-13-20-7-8-21-13)16(14(17)19-3)15-6-4-5-12(15)10-18-2/h11-13H,4-10H2,1-3H3/t11-,12+/m1/s1. The molecule has 2 saturated heterocycles. The Morgan fingerprint density at radius 3 is 2.71 bits per heavy atom. The number of nitrogens with zero attached hydrogens (tertiary/aromatic N) is 2. The van der Waals surface area contributed by atoms with Crippen molar-refractivity contribution in [2.45, 2.75) is 44.6 Å². The van der Waals surface area contributed by atoms with Gasteiger partial charge < -0.3 is 18.9 Å². The molecule has 0 aromatic heterocycles. The topological polar surface area (TPSA) is 60.5 Å². The summed E-state index contributed by atoms with van der Waals surface area (Å²) < 4.78 is 21.2. The zero-order valence-electron chi connectivity index (χ0n) is 13.1. The van der Waals surface area contributed by atoms with Gasteiger partial charge in [-0.1, -0.05) is 0 Å². The van der Waals surface area contributed by atoms with E-state index in [0.29, 0.717) is 26.2 Å². The molecule has 2 atom stereocenters. The number of rotatable bonds is 6. The maximum Gasteiger partial charge on any atom is 0.424 e. The Morgan fingerprint density at radius 2 is 2.10 bits per heavy atom. The number of methoxy groups -OCH3 is 2. The molecule has 2 rings (SSSR count). The Morgan fingerprint density at radius 1 is 1.38 bits per heavy atom. The van der Waals surface area contributed by atoms with Gasteiger partial charge in [-0.2, -0.15) is 0 Å². The van der Waals surface area contributed by atoms with Gasteiger partial charge in [0.05, 0.1) is 39.0 Å². The number of ether oxygens (including phenoxy) is 4. The zero-order valence-corrected chi connectivity index (χ0v) is 13.1. The van der Waals surface area contributed by atoms with Crippen LogP contribution in [0.1, 0.15) is 26.2 Å². The molecule has 0 N–H and O–H groups in total. The molecule has 1 amide bonds. The fourth-order valence-corrected chi connectivity index (χ4v) is 3.02. The minimum absolute atomic E-state index is 0.0574. The third-order valence-electron chi connectivity index (χ3n) is 3.99. The smallest absolute Gasteiger partial charge is 0.424 e. The predicted molar refractivity (Wildman–Crippen MR) is 75.6 cm³/mol. The lowest BCUT2D eigenvalue weighted by molar-refractivity contribution is -0.102. The third-order valence-corrected chi connectivity index (χ3v) is 3.99. The molecule has 7 nitrogen and oxygen atoms in total. The zero-order chi connectivity index (χ0) is 15.2. The normalized spacial score (nSPS) is 25.2. The van der Waals surface area contributed by atoms with Crippen molar-refractivity contribution in [2.24, 2.45) is 0 Å². The van der Waals surface area contributed by atoms with Crippen LogP contribution in [0.5, 0.6) is 0 Å². The minimum atomic E-state index is -0.344. The maximum absolute atomic E-state index is 12.2. The number of hydrogen-bond acceptors (Lipinski definition) is 6. The highest BCUT2D eigenvalue weighted by Gasteiger charge is 2.37. The monoisotopic (exact) mass is 302 g/mol. The van der Waals surface area contributed by atoms with E-state index >= 15 is 0 Å². The molecule has 0 aromatic rings. The first-order valence-corrected chi connectivity index (χ1v) is 7.53. The highest BCUT2D eigenvalue weighted by Crippen LogP contribution is 2.25. The van der Waals surface area contributed by atoms with E-state index in [0.717, 1.165) is 19.4 Å². The Bertz CT molecular complexity index is 335. The van der Waals surface area contributed by atoms with Crippen LogP contribution in [0.4, 0.5) is 4.79 Å². The second kappa shape index (κ2) is 7.93. The molecule has 0 radical (unpaired) electrons. The van der Waals surface area contributed by atoms with E-state index in [-0.39, 0.29) is 24.5 Å². The van der Waals surface area contributed by atoms with Crippen LogP contribution in [-0.2, 0) is 18.9 Å². The van der Waals surface area contributed by atoms with Gasteiger partial charge >= 0.3 is 6.09 Å². The Balaban J connectivity index is 2.03. The van der Waals surface area contributed by atoms with Crippen LogP contribution in [-0.4, -0.2) is 75.1 Å². The summed E-state index contributed by atoms with van der Waals surface area (Å²) in [5, 5.41) is 3.76. The second-order valence-corrected chi connectivity index (χ2v) is 5.48. The summed E-state index contributed by atoms with van der Waals surface area (Å²) in [5.74, 6) is 0. The third kappa shape index (κ3) is 4.06. The van der Waals surface area contributed by atoms with Crippen LogP contribution in [0, 0.1) is 0 Å². The average molecular weight is 302 g/mol. The number of carbonyl (C=O) groups excluding carboxylic acids is 1. The van der Waals surface area contributed by atoms with E-state index in [2.05, 4.69) is 5.01 Å². The van der Waals surface area contributed by atoms with Gasteiger partial charge in [-0.05, 0) is 19.8 Å². The first kappa shape index (κ1) is 16.5. The molecule has 0 aromatic carbocycles. The van der Waals surface area contributed by atoms with Crippen molar-refractivity contribution < 1.29 is 23.7 Å². The van der Waals surface area contributed by atoms with E-state index in [1.54, 1.807) is 12.1 Å². The number of amides is 1. The van der Waals surface area contributed by atoms with Crippen LogP contribution >= 0.6 is 0 Å². The van der Waals surface area contributed by atoms with Crippen molar-refractivity contribution in [1.29, 1.82) is 0 Å². The highest BCUT2D eigenvalue weighted by atomic mass is 16.7. The molecule has 2 fully saturated rings. The van der Waals surface area contributed by atoms with Crippen LogP contribution < -0.4 is 0 Å².